The molecule has 0 unspecified atom stereocenters. The fourth-order valence-corrected chi connectivity index (χ4v) is 2.04. The quantitative estimate of drug-likeness (QED) is 0.743. The highest BCUT2D eigenvalue weighted by Gasteiger charge is 2.09. The summed E-state index contributed by atoms with van der Waals surface area (Å²) in [6.07, 6.45) is 1.83. The summed E-state index contributed by atoms with van der Waals surface area (Å²) in [6.45, 7) is 2.73. The molecule has 0 saturated heterocycles. The van der Waals surface area contributed by atoms with Crippen LogP contribution in [0.15, 0.2) is 34.9 Å². The number of rotatable bonds is 8. The third-order valence-corrected chi connectivity index (χ3v) is 3.09. The molecule has 5 heteroatoms. The molecule has 5 nitrogen and oxygen atoms in total. The Morgan fingerprint density at radius 3 is 2.80 bits per heavy atom. The van der Waals surface area contributed by atoms with Crippen LogP contribution in [0.25, 0.3) is 0 Å². The van der Waals surface area contributed by atoms with Crippen LogP contribution in [0.4, 0.5) is 0 Å². The Morgan fingerprint density at radius 2 is 2.05 bits per heavy atom. The molecular formula is C15H22N4O. The Morgan fingerprint density at radius 1 is 1.25 bits per heavy atom. The first kappa shape index (κ1) is 14.7. The number of benzene rings is 1. The van der Waals surface area contributed by atoms with Gasteiger partial charge >= 0.3 is 0 Å². The lowest BCUT2D eigenvalue weighted by Crippen LogP contribution is -2.22. The minimum Gasteiger partial charge on any atom is -0.338 e. The van der Waals surface area contributed by atoms with E-state index in [9.17, 15) is 0 Å². The number of nitrogens with zero attached hydrogens (tertiary/aromatic N) is 3. The van der Waals surface area contributed by atoms with E-state index in [0.29, 0.717) is 18.9 Å². The summed E-state index contributed by atoms with van der Waals surface area (Å²) in [5.74, 6) is 1.43. The summed E-state index contributed by atoms with van der Waals surface area (Å²) in [4.78, 5) is 6.63. The molecule has 1 N–H and O–H groups in total. The molecule has 0 aliphatic carbocycles. The molecule has 2 rings (SSSR count). The average Bonchev–Trinajstić information content (AvgIpc) is 2.87. The van der Waals surface area contributed by atoms with Crippen LogP contribution in [-0.2, 0) is 13.0 Å². The number of aromatic nitrogens is 2. The van der Waals surface area contributed by atoms with Gasteiger partial charge in [0.2, 0.25) is 5.89 Å². The Bertz CT molecular complexity index is 498. The summed E-state index contributed by atoms with van der Waals surface area (Å²) in [7, 11) is 4.03. The summed E-state index contributed by atoms with van der Waals surface area (Å²) in [6, 6.07) is 10.2. The number of nitrogens with one attached hydrogen (secondary N) is 1. The molecule has 0 atom stereocenters. The molecule has 2 aromatic rings. The van der Waals surface area contributed by atoms with E-state index in [4.69, 9.17) is 4.52 Å². The fourth-order valence-electron chi connectivity index (χ4n) is 2.04. The van der Waals surface area contributed by atoms with E-state index < -0.39 is 0 Å². The van der Waals surface area contributed by atoms with Crippen LogP contribution < -0.4 is 5.32 Å². The fraction of sp³-hybridized carbons (Fsp3) is 0.467. The molecule has 1 aromatic carbocycles. The summed E-state index contributed by atoms with van der Waals surface area (Å²) in [5, 5.41) is 7.18. The van der Waals surface area contributed by atoms with Gasteiger partial charge in [-0.3, -0.25) is 4.90 Å². The molecule has 0 spiro atoms. The lowest BCUT2D eigenvalue weighted by molar-refractivity contribution is 0.263. The first-order valence-electron chi connectivity index (χ1n) is 6.96. The number of hydrogen-bond acceptors (Lipinski definition) is 5. The number of hydrogen-bond donors (Lipinski definition) is 1. The molecule has 0 fully saturated rings. The van der Waals surface area contributed by atoms with E-state index in [1.165, 1.54) is 5.56 Å². The topological polar surface area (TPSA) is 54.2 Å². The van der Waals surface area contributed by atoms with Gasteiger partial charge in [-0.05, 0) is 39.2 Å². The van der Waals surface area contributed by atoms with Gasteiger partial charge in [-0.15, -0.1) is 0 Å². The van der Waals surface area contributed by atoms with E-state index in [1.54, 1.807) is 0 Å². The molecule has 0 aliphatic heterocycles. The highest BCUT2D eigenvalue weighted by atomic mass is 16.5. The minimum absolute atomic E-state index is 0.683. The maximum absolute atomic E-state index is 5.30. The highest BCUT2D eigenvalue weighted by Crippen LogP contribution is 2.07. The SMILES string of the molecule is CNCCCN(C)Cc1nc(Cc2ccccc2)no1. The van der Waals surface area contributed by atoms with Crippen molar-refractivity contribution < 1.29 is 4.52 Å². The molecule has 0 bridgehead atoms. The first-order valence-corrected chi connectivity index (χ1v) is 6.96. The Hall–Kier alpha value is -1.72. The van der Waals surface area contributed by atoms with Gasteiger partial charge in [0.05, 0.1) is 6.54 Å². The second-order valence-corrected chi connectivity index (χ2v) is 4.96. The minimum atomic E-state index is 0.683. The van der Waals surface area contributed by atoms with Crippen LogP contribution in [0.1, 0.15) is 23.7 Å². The van der Waals surface area contributed by atoms with Crippen molar-refractivity contribution in [3.8, 4) is 0 Å². The average molecular weight is 274 g/mol. The molecule has 0 amide bonds. The Kier molecular flexibility index (Phi) is 5.70. The van der Waals surface area contributed by atoms with E-state index in [-0.39, 0.29) is 0 Å². The van der Waals surface area contributed by atoms with Crippen molar-refractivity contribution in [1.82, 2.24) is 20.4 Å². The molecule has 0 aliphatic rings. The molecule has 20 heavy (non-hydrogen) atoms. The van der Waals surface area contributed by atoms with Crippen molar-refractivity contribution in [1.29, 1.82) is 0 Å². The van der Waals surface area contributed by atoms with Crippen molar-refractivity contribution in [2.45, 2.75) is 19.4 Å². The first-order chi connectivity index (χ1) is 9.78. The van der Waals surface area contributed by atoms with E-state index >= 15 is 0 Å². The van der Waals surface area contributed by atoms with Crippen molar-refractivity contribution >= 4 is 0 Å². The molecular weight excluding hydrogens is 252 g/mol. The van der Waals surface area contributed by atoms with Gasteiger partial charge < -0.3 is 9.84 Å². The predicted octanol–water partition coefficient (Wildman–Crippen LogP) is 1.70. The van der Waals surface area contributed by atoms with Crippen LogP contribution in [-0.4, -0.2) is 42.2 Å². The lowest BCUT2D eigenvalue weighted by Gasteiger charge is -2.13. The largest absolute Gasteiger partial charge is 0.338 e. The predicted molar refractivity (Wildman–Crippen MR) is 78.4 cm³/mol. The zero-order valence-corrected chi connectivity index (χ0v) is 12.2. The summed E-state index contributed by atoms with van der Waals surface area (Å²) >= 11 is 0. The van der Waals surface area contributed by atoms with Crippen molar-refractivity contribution in [3.05, 3.63) is 47.6 Å². The van der Waals surface area contributed by atoms with Gasteiger partial charge in [0.25, 0.3) is 0 Å². The molecule has 1 aromatic heterocycles. The van der Waals surface area contributed by atoms with Crippen molar-refractivity contribution in [2.75, 3.05) is 27.2 Å². The highest BCUT2D eigenvalue weighted by molar-refractivity contribution is 5.18. The second kappa shape index (κ2) is 7.77. The van der Waals surface area contributed by atoms with Gasteiger partial charge in [-0.25, -0.2) is 0 Å². The monoisotopic (exact) mass is 274 g/mol. The summed E-state index contributed by atoms with van der Waals surface area (Å²) < 4.78 is 5.30. The summed E-state index contributed by atoms with van der Waals surface area (Å²) in [5.41, 5.74) is 1.20. The van der Waals surface area contributed by atoms with Crippen molar-refractivity contribution in [2.24, 2.45) is 0 Å². The van der Waals surface area contributed by atoms with Crippen molar-refractivity contribution in [3.63, 3.8) is 0 Å². The second-order valence-electron chi connectivity index (χ2n) is 4.96. The zero-order chi connectivity index (χ0) is 14.2. The van der Waals surface area contributed by atoms with Gasteiger partial charge in [0.15, 0.2) is 5.82 Å². The molecule has 1 heterocycles. The van der Waals surface area contributed by atoms with E-state index in [0.717, 1.165) is 25.3 Å². The van der Waals surface area contributed by atoms with Crippen LogP contribution in [0.5, 0.6) is 0 Å². The molecule has 108 valence electrons. The van der Waals surface area contributed by atoms with Crippen LogP contribution >= 0.6 is 0 Å². The molecule has 0 saturated carbocycles. The van der Waals surface area contributed by atoms with E-state index in [1.807, 2.05) is 25.2 Å². The van der Waals surface area contributed by atoms with Gasteiger partial charge in [0, 0.05) is 6.42 Å². The third-order valence-electron chi connectivity index (χ3n) is 3.09. The normalized spacial score (nSPS) is 11.2. The maximum atomic E-state index is 5.30. The van der Waals surface area contributed by atoms with E-state index in [2.05, 4.69) is 39.5 Å². The molecule has 0 radical (unpaired) electrons. The smallest absolute Gasteiger partial charge is 0.240 e. The third kappa shape index (κ3) is 4.75. The maximum Gasteiger partial charge on any atom is 0.240 e. The van der Waals surface area contributed by atoms with Crippen LogP contribution in [0.2, 0.25) is 0 Å². The van der Waals surface area contributed by atoms with Crippen LogP contribution in [0, 0.1) is 0 Å². The standard InChI is InChI=1S/C15H22N4O/c1-16-9-6-10-19(2)12-15-17-14(18-20-15)11-13-7-4-3-5-8-13/h3-5,7-8,16H,6,9-12H2,1-2H3. The van der Waals surface area contributed by atoms with Gasteiger partial charge in [-0.2, -0.15) is 4.98 Å². The lowest BCUT2D eigenvalue weighted by atomic mass is 10.1. The van der Waals surface area contributed by atoms with Gasteiger partial charge in [-0.1, -0.05) is 35.5 Å². The van der Waals surface area contributed by atoms with Gasteiger partial charge in [0.1, 0.15) is 0 Å². The zero-order valence-electron chi connectivity index (χ0n) is 12.2. The Labute approximate surface area is 120 Å². The van der Waals surface area contributed by atoms with Crippen LogP contribution in [0.3, 0.4) is 0 Å². The Balaban J connectivity index is 1.83.